The Balaban J connectivity index is 2.04. The predicted octanol–water partition coefficient (Wildman–Crippen LogP) is 2.89. The number of nitrogens with zero attached hydrogens (tertiary/aromatic N) is 1. The lowest BCUT2D eigenvalue weighted by Crippen LogP contribution is -2.15. The average Bonchev–Trinajstić information content (AvgIpc) is 2.53. The molecule has 0 heterocycles. The second-order valence-corrected chi connectivity index (χ2v) is 4.64. The second kappa shape index (κ2) is 9.78. The van der Waals surface area contributed by atoms with E-state index in [0.717, 1.165) is 6.42 Å². The molecule has 0 aromatic heterocycles. The van der Waals surface area contributed by atoms with Gasteiger partial charge in [0.15, 0.2) is 6.79 Å². The molecule has 114 valence electrons. The summed E-state index contributed by atoms with van der Waals surface area (Å²) in [6.07, 6.45) is 1.42. The topological polar surface area (TPSA) is 68.6 Å². The Morgan fingerprint density at radius 2 is 2.00 bits per heavy atom. The van der Waals surface area contributed by atoms with Gasteiger partial charge in [0.2, 0.25) is 0 Å². The third-order valence-electron chi connectivity index (χ3n) is 2.98. The molecule has 1 unspecified atom stereocenters. The zero-order valence-electron chi connectivity index (χ0n) is 12.5. The summed E-state index contributed by atoms with van der Waals surface area (Å²) in [5.74, 6) is 0.439. The van der Waals surface area contributed by atoms with E-state index in [2.05, 4.69) is 0 Å². The van der Waals surface area contributed by atoms with Crippen molar-refractivity contribution >= 4 is 5.97 Å². The van der Waals surface area contributed by atoms with Crippen molar-refractivity contribution in [2.45, 2.75) is 26.7 Å². The Hall–Kier alpha value is -2.06. The van der Waals surface area contributed by atoms with Gasteiger partial charge in [-0.3, -0.25) is 4.79 Å². The highest BCUT2D eigenvalue weighted by Gasteiger charge is 2.10. The van der Waals surface area contributed by atoms with Crippen molar-refractivity contribution in [2.75, 3.05) is 20.0 Å². The van der Waals surface area contributed by atoms with Crippen LogP contribution < -0.4 is 4.74 Å². The minimum Gasteiger partial charge on any atom is -0.468 e. The highest BCUT2D eigenvalue weighted by atomic mass is 16.7. The van der Waals surface area contributed by atoms with Crippen molar-refractivity contribution in [3.63, 3.8) is 0 Å². The lowest BCUT2D eigenvalue weighted by atomic mass is 10.1. The fraction of sp³-hybridized carbons (Fsp3) is 0.500. The van der Waals surface area contributed by atoms with Crippen LogP contribution in [0.5, 0.6) is 5.75 Å². The van der Waals surface area contributed by atoms with E-state index in [4.69, 9.17) is 19.5 Å². The highest BCUT2D eigenvalue weighted by molar-refractivity contribution is 5.71. The van der Waals surface area contributed by atoms with Gasteiger partial charge in [-0.2, -0.15) is 5.26 Å². The number of hydrogen-bond donors (Lipinski definition) is 0. The number of carbonyl (C=O) groups is 1. The van der Waals surface area contributed by atoms with Crippen molar-refractivity contribution in [1.82, 2.24) is 0 Å². The Kier molecular flexibility index (Phi) is 7.92. The summed E-state index contributed by atoms with van der Waals surface area (Å²) < 4.78 is 15.7. The molecule has 1 rings (SSSR count). The van der Waals surface area contributed by atoms with Gasteiger partial charge in [0, 0.05) is 6.42 Å². The van der Waals surface area contributed by atoms with Gasteiger partial charge < -0.3 is 14.2 Å². The van der Waals surface area contributed by atoms with Gasteiger partial charge in [0.05, 0.1) is 30.8 Å². The van der Waals surface area contributed by atoms with Gasteiger partial charge in [-0.15, -0.1) is 0 Å². The summed E-state index contributed by atoms with van der Waals surface area (Å²) in [6.45, 7) is 4.76. The number of nitriles is 1. The van der Waals surface area contributed by atoms with Crippen LogP contribution in [0.2, 0.25) is 0 Å². The minimum absolute atomic E-state index is 0.0503. The first-order chi connectivity index (χ1) is 10.2. The Morgan fingerprint density at radius 3 is 2.62 bits per heavy atom. The molecule has 0 radical (unpaired) electrons. The first-order valence-corrected chi connectivity index (χ1v) is 7.04. The van der Waals surface area contributed by atoms with E-state index in [1.165, 1.54) is 0 Å². The smallest absolute Gasteiger partial charge is 0.308 e. The molecule has 21 heavy (non-hydrogen) atoms. The van der Waals surface area contributed by atoms with E-state index in [0.29, 0.717) is 30.9 Å². The van der Waals surface area contributed by atoms with Crippen molar-refractivity contribution in [1.29, 1.82) is 5.26 Å². The molecule has 0 aliphatic rings. The van der Waals surface area contributed by atoms with Crippen LogP contribution in [-0.2, 0) is 14.3 Å². The first kappa shape index (κ1) is 17.0. The van der Waals surface area contributed by atoms with E-state index >= 15 is 0 Å². The lowest BCUT2D eigenvalue weighted by molar-refractivity contribution is -0.148. The predicted molar refractivity (Wildman–Crippen MR) is 77.6 cm³/mol. The molecule has 0 N–H and O–H groups in total. The van der Waals surface area contributed by atoms with Crippen molar-refractivity contribution in [2.24, 2.45) is 5.92 Å². The van der Waals surface area contributed by atoms with Crippen LogP contribution in [0.1, 0.15) is 32.3 Å². The van der Waals surface area contributed by atoms with Gasteiger partial charge in [-0.1, -0.05) is 13.8 Å². The maximum atomic E-state index is 11.4. The molecular formula is C16H21NO4. The fourth-order valence-electron chi connectivity index (χ4n) is 1.44. The summed E-state index contributed by atoms with van der Waals surface area (Å²) >= 11 is 0. The molecular weight excluding hydrogens is 270 g/mol. The SMILES string of the molecule is CCC(C)C(=O)OCCCOCOc1ccc(C#N)cc1. The minimum atomic E-state index is -0.161. The molecule has 0 fully saturated rings. The lowest BCUT2D eigenvalue weighted by Gasteiger charge is -2.10. The largest absolute Gasteiger partial charge is 0.468 e. The molecule has 0 bridgehead atoms. The molecule has 0 aliphatic heterocycles. The Labute approximate surface area is 125 Å². The fourth-order valence-corrected chi connectivity index (χ4v) is 1.44. The molecule has 0 spiro atoms. The normalized spacial score (nSPS) is 11.5. The van der Waals surface area contributed by atoms with Crippen LogP contribution in [0.3, 0.4) is 0 Å². The van der Waals surface area contributed by atoms with Gasteiger partial charge in [-0.25, -0.2) is 0 Å². The molecule has 0 amide bonds. The van der Waals surface area contributed by atoms with Gasteiger partial charge in [0.1, 0.15) is 5.75 Å². The van der Waals surface area contributed by atoms with Crippen LogP contribution in [0, 0.1) is 17.2 Å². The zero-order chi connectivity index (χ0) is 15.5. The molecule has 5 nitrogen and oxygen atoms in total. The number of esters is 1. The van der Waals surface area contributed by atoms with Gasteiger partial charge in [0.25, 0.3) is 0 Å². The number of carbonyl (C=O) groups excluding carboxylic acids is 1. The van der Waals surface area contributed by atoms with Crippen LogP contribution in [0.15, 0.2) is 24.3 Å². The van der Waals surface area contributed by atoms with E-state index in [1.807, 2.05) is 19.9 Å². The number of ether oxygens (including phenoxy) is 3. The molecule has 1 atom stereocenters. The molecule has 0 saturated carbocycles. The Bertz CT molecular complexity index is 464. The van der Waals surface area contributed by atoms with E-state index in [-0.39, 0.29) is 18.7 Å². The van der Waals surface area contributed by atoms with Gasteiger partial charge in [-0.05, 0) is 30.7 Å². The molecule has 0 saturated heterocycles. The average molecular weight is 291 g/mol. The van der Waals surface area contributed by atoms with Crippen LogP contribution in [0.4, 0.5) is 0 Å². The van der Waals surface area contributed by atoms with Crippen molar-refractivity contribution in [3.05, 3.63) is 29.8 Å². The maximum Gasteiger partial charge on any atom is 0.308 e. The third-order valence-corrected chi connectivity index (χ3v) is 2.98. The molecule has 1 aromatic rings. The maximum absolute atomic E-state index is 11.4. The van der Waals surface area contributed by atoms with Crippen LogP contribution in [0.25, 0.3) is 0 Å². The summed E-state index contributed by atoms with van der Waals surface area (Å²) in [7, 11) is 0. The summed E-state index contributed by atoms with van der Waals surface area (Å²) in [5.41, 5.74) is 0.589. The number of hydrogen-bond acceptors (Lipinski definition) is 5. The second-order valence-electron chi connectivity index (χ2n) is 4.64. The van der Waals surface area contributed by atoms with Crippen LogP contribution in [-0.4, -0.2) is 26.0 Å². The summed E-state index contributed by atoms with van der Waals surface area (Å²) in [4.78, 5) is 11.4. The van der Waals surface area contributed by atoms with E-state index < -0.39 is 0 Å². The number of rotatable bonds is 9. The van der Waals surface area contributed by atoms with E-state index in [9.17, 15) is 4.79 Å². The standard InChI is InChI=1S/C16H21NO4/c1-3-13(2)16(18)20-10-4-9-19-12-21-15-7-5-14(11-17)6-8-15/h5-8,13H,3-4,9-10,12H2,1-2H3. The zero-order valence-corrected chi connectivity index (χ0v) is 12.5. The van der Waals surface area contributed by atoms with Crippen LogP contribution >= 0.6 is 0 Å². The monoisotopic (exact) mass is 291 g/mol. The molecule has 1 aromatic carbocycles. The van der Waals surface area contributed by atoms with E-state index in [1.54, 1.807) is 24.3 Å². The first-order valence-electron chi connectivity index (χ1n) is 7.04. The number of benzene rings is 1. The molecule has 0 aliphatic carbocycles. The van der Waals surface area contributed by atoms with Gasteiger partial charge >= 0.3 is 5.97 Å². The quantitative estimate of drug-likeness (QED) is 0.397. The highest BCUT2D eigenvalue weighted by Crippen LogP contribution is 2.11. The van der Waals surface area contributed by atoms with Crippen molar-refractivity contribution in [3.8, 4) is 11.8 Å². The Morgan fingerprint density at radius 1 is 1.29 bits per heavy atom. The third kappa shape index (κ3) is 6.77. The summed E-state index contributed by atoms with van der Waals surface area (Å²) in [5, 5.41) is 8.66. The summed E-state index contributed by atoms with van der Waals surface area (Å²) in [6, 6.07) is 8.84. The molecule has 5 heteroatoms. The van der Waals surface area contributed by atoms with Crippen molar-refractivity contribution < 1.29 is 19.0 Å².